The van der Waals surface area contributed by atoms with Crippen LogP contribution in [-0.4, -0.2) is 31.7 Å². The maximum atomic E-state index is 13.0. The number of sulfonamides is 1. The molecule has 1 N–H and O–H groups in total. The summed E-state index contributed by atoms with van der Waals surface area (Å²) in [6.07, 6.45) is 0.477. The Hall–Kier alpha value is -3.20. The Bertz CT molecular complexity index is 1340. The normalized spacial score (nSPS) is 17.5. The van der Waals surface area contributed by atoms with Crippen LogP contribution in [0.15, 0.2) is 71.6 Å². The molecule has 0 saturated carbocycles. The van der Waals surface area contributed by atoms with Crippen LogP contribution in [0.1, 0.15) is 44.3 Å². The van der Waals surface area contributed by atoms with Crippen molar-refractivity contribution < 1.29 is 22.7 Å². The zero-order valence-corrected chi connectivity index (χ0v) is 18.9. The lowest BCUT2D eigenvalue weighted by molar-refractivity contribution is 0.0642. The average Bonchev–Trinajstić information content (AvgIpc) is 3.05. The number of carbonyl (C=O) groups excluding carboxylic acids is 2. The number of ether oxygens (including phenoxy) is 1. The van der Waals surface area contributed by atoms with Gasteiger partial charge in [0, 0.05) is 17.0 Å². The Morgan fingerprint density at radius 3 is 2.30 bits per heavy atom. The summed E-state index contributed by atoms with van der Waals surface area (Å²) in [6, 6.07) is 17.5. The van der Waals surface area contributed by atoms with Crippen LogP contribution >= 0.6 is 11.6 Å². The fraction of sp³-hybridized carbons (Fsp3) is 0.167. The van der Waals surface area contributed by atoms with Gasteiger partial charge in [-0.2, -0.15) is 0 Å². The average molecular weight is 483 g/mol. The summed E-state index contributed by atoms with van der Waals surface area (Å²) in [5.41, 5.74) is 2.09. The van der Waals surface area contributed by atoms with Gasteiger partial charge in [-0.15, -0.1) is 0 Å². The monoisotopic (exact) mass is 482 g/mol. The molecule has 0 aromatic heterocycles. The van der Waals surface area contributed by atoms with E-state index < -0.39 is 16.1 Å². The number of imide groups is 1. The highest BCUT2D eigenvalue weighted by Crippen LogP contribution is 2.35. The first kappa shape index (κ1) is 21.6. The molecule has 0 aliphatic carbocycles. The van der Waals surface area contributed by atoms with Crippen molar-refractivity contribution in [1.82, 2.24) is 9.62 Å². The van der Waals surface area contributed by atoms with Gasteiger partial charge in [-0.25, -0.2) is 13.1 Å². The molecule has 2 amide bonds. The first-order valence-electron chi connectivity index (χ1n) is 10.3. The molecule has 0 saturated heterocycles. The van der Waals surface area contributed by atoms with Gasteiger partial charge in [0.1, 0.15) is 5.75 Å². The van der Waals surface area contributed by atoms with Crippen molar-refractivity contribution in [2.75, 3.05) is 6.61 Å². The molecule has 33 heavy (non-hydrogen) atoms. The molecule has 2 aliphatic heterocycles. The third kappa shape index (κ3) is 4.01. The van der Waals surface area contributed by atoms with E-state index in [9.17, 15) is 18.0 Å². The van der Waals surface area contributed by atoms with Gasteiger partial charge in [0.15, 0.2) is 0 Å². The molecule has 0 fully saturated rings. The summed E-state index contributed by atoms with van der Waals surface area (Å²) in [7, 11) is -3.82. The number of amides is 2. The number of nitrogens with zero attached hydrogens (tertiary/aromatic N) is 1. The molecule has 1 atom stereocenters. The largest absolute Gasteiger partial charge is 0.493 e. The van der Waals surface area contributed by atoms with Crippen molar-refractivity contribution >= 4 is 33.4 Å². The molecule has 0 bridgehead atoms. The first-order valence-corrected chi connectivity index (χ1v) is 12.2. The molecule has 0 radical (unpaired) electrons. The third-order valence-electron chi connectivity index (χ3n) is 5.76. The van der Waals surface area contributed by atoms with Gasteiger partial charge in [0.05, 0.1) is 35.2 Å². The van der Waals surface area contributed by atoms with Crippen molar-refractivity contribution in [1.29, 1.82) is 0 Å². The summed E-state index contributed by atoms with van der Waals surface area (Å²) in [5.74, 6) is -0.105. The number of hydrogen-bond donors (Lipinski definition) is 1. The van der Waals surface area contributed by atoms with Gasteiger partial charge in [0.25, 0.3) is 11.8 Å². The molecule has 2 aliphatic rings. The smallest absolute Gasteiger partial charge is 0.261 e. The zero-order chi connectivity index (χ0) is 23.2. The molecule has 168 valence electrons. The van der Waals surface area contributed by atoms with Gasteiger partial charge >= 0.3 is 0 Å². The van der Waals surface area contributed by atoms with Crippen LogP contribution in [0.5, 0.6) is 5.75 Å². The quantitative estimate of drug-likeness (QED) is 0.556. The van der Waals surface area contributed by atoms with Gasteiger partial charge in [-0.1, -0.05) is 35.9 Å². The number of fused-ring (bicyclic) bond motifs is 2. The maximum absolute atomic E-state index is 13.0. The van der Waals surface area contributed by atoms with Crippen LogP contribution < -0.4 is 9.46 Å². The van der Waals surface area contributed by atoms with Crippen molar-refractivity contribution in [3.63, 3.8) is 0 Å². The third-order valence-corrected chi connectivity index (χ3v) is 7.48. The van der Waals surface area contributed by atoms with E-state index >= 15 is 0 Å². The summed E-state index contributed by atoms with van der Waals surface area (Å²) in [4.78, 5) is 26.4. The Balaban J connectivity index is 1.33. The molecular weight excluding hydrogens is 464 g/mol. The summed E-state index contributed by atoms with van der Waals surface area (Å²) < 4.78 is 34.3. The van der Waals surface area contributed by atoms with Crippen LogP contribution in [0.2, 0.25) is 5.02 Å². The first-order chi connectivity index (χ1) is 15.8. The SMILES string of the molecule is O=C1c2ccccc2C(=O)N1Cc1ccc(S(=O)(=O)NC2CCOc3ccc(Cl)cc32)cc1. The van der Waals surface area contributed by atoms with E-state index in [4.69, 9.17) is 16.3 Å². The second-order valence-corrected chi connectivity index (χ2v) is 10.0. The Morgan fingerprint density at radius 1 is 0.970 bits per heavy atom. The van der Waals surface area contributed by atoms with E-state index in [-0.39, 0.29) is 23.3 Å². The highest BCUT2D eigenvalue weighted by molar-refractivity contribution is 7.89. The Kier molecular flexibility index (Phi) is 5.44. The number of carbonyl (C=O) groups is 2. The summed E-state index contributed by atoms with van der Waals surface area (Å²) >= 11 is 6.08. The standard InChI is InChI=1S/C24H19ClN2O5S/c25-16-7-10-22-20(13-16)21(11-12-32-22)26-33(30,31)17-8-5-15(6-9-17)14-27-23(28)18-3-1-2-4-19(18)24(27)29/h1-10,13,21,26H,11-12,14H2. The lowest BCUT2D eigenvalue weighted by atomic mass is 10.0. The van der Waals surface area contributed by atoms with Gasteiger partial charge < -0.3 is 4.74 Å². The second kappa shape index (κ2) is 8.30. The maximum Gasteiger partial charge on any atom is 0.261 e. The van der Waals surface area contributed by atoms with E-state index in [1.807, 2.05) is 0 Å². The predicted molar refractivity (Wildman–Crippen MR) is 122 cm³/mol. The molecule has 9 heteroatoms. The molecular formula is C24H19ClN2O5S. The van der Waals surface area contributed by atoms with E-state index in [0.29, 0.717) is 46.1 Å². The predicted octanol–water partition coefficient (Wildman–Crippen LogP) is 3.94. The molecule has 7 nitrogen and oxygen atoms in total. The number of rotatable bonds is 5. The summed E-state index contributed by atoms with van der Waals surface area (Å²) in [6.45, 7) is 0.451. The van der Waals surface area contributed by atoms with Crippen molar-refractivity contribution in [3.8, 4) is 5.75 Å². The molecule has 3 aromatic carbocycles. The van der Waals surface area contributed by atoms with E-state index in [0.717, 1.165) is 4.90 Å². The molecule has 3 aromatic rings. The molecule has 5 rings (SSSR count). The summed E-state index contributed by atoms with van der Waals surface area (Å²) in [5, 5.41) is 0.501. The van der Waals surface area contributed by atoms with E-state index in [1.165, 1.54) is 12.1 Å². The van der Waals surface area contributed by atoms with Crippen LogP contribution in [0.3, 0.4) is 0 Å². The number of nitrogens with one attached hydrogen (secondary N) is 1. The molecule has 2 heterocycles. The number of halogens is 1. The number of hydrogen-bond acceptors (Lipinski definition) is 5. The fourth-order valence-corrected chi connectivity index (χ4v) is 5.51. The van der Waals surface area contributed by atoms with Crippen molar-refractivity contribution in [2.45, 2.75) is 23.9 Å². The second-order valence-electron chi connectivity index (χ2n) is 7.88. The lowest BCUT2D eigenvalue weighted by Crippen LogP contribution is -2.32. The van der Waals surface area contributed by atoms with Gasteiger partial charge in [-0.3, -0.25) is 14.5 Å². The fourth-order valence-electron chi connectivity index (χ4n) is 4.08. The van der Waals surface area contributed by atoms with Crippen LogP contribution in [0, 0.1) is 0 Å². The highest BCUT2D eigenvalue weighted by atomic mass is 35.5. The minimum absolute atomic E-state index is 0.0614. The van der Waals surface area contributed by atoms with Crippen molar-refractivity contribution in [2.24, 2.45) is 0 Å². The lowest BCUT2D eigenvalue weighted by Gasteiger charge is -2.26. The topological polar surface area (TPSA) is 92.8 Å². The Morgan fingerprint density at radius 2 is 1.64 bits per heavy atom. The van der Waals surface area contributed by atoms with Crippen LogP contribution in [0.4, 0.5) is 0 Å². The minimum Gasteiger partial charge on any atom is -0.493 e. The van der Waals surface area contributed by atoms with Gasteiger partial charge in [-0.05, 0) is 48.0 Å². The van der Waals surface area contributed by atoms with Crippen molar-refractivity contribution in [3.05, 3.63) is 94.0 Å². The van der Waals surface area contributed by atoms with Crippen LogP contribution in [-0.2, 0) is 16.6 Å². The van der Waals surface area contributed by atoms with E-state index in [2.05, 4.69) is 4.72 Å². The zero-order valence-electron chi connectivity index (χ0n) is 17.3. The highest BCUT2D eigenvalue weighted by Gasteiger charge is 2.35. The number of benzene rings is 3. The van der Waals surface area contributed by atoms with Crippen LogP contribution in [0.25, 0.3) is 0 Å². The Labute approximate surface area is 196 Å². The van der Waals surface area contributed by atoms with E-state index in [1.54, 1.807) is 54.6 Å². The van der Waals surface area contributed by atoms with Gasteiger partial charge in [0.2, 0.25) is 10.0 Å². The molecule has 0 spiro atoms. The molecule has 1 unspecified atom stereocenters. The minimum atomic E-state index is -3.82.